The van der Waals surface area contributed by atoms with Crippen molar-refractivity contribution in [1.29, 1.82) is 0 Å². The monoisotopic (exact) mass is 370 g/mol. The van der Waals surface area contributed by atoms with Crippen LogP contribution in [0.3, 0.4) is 0 Å². The van der Waals surface area contributed by atoms with Crippen LogP contribution >= 0.6 is 11.6 Å². The predicted octanol–water partition coefficient (Wildman–Crippen LogP) is 0.836. The van der Waals surface area contributed by atoms with Crippen LogP contribution in [0.15, 0.2) is 40.7 Å². The number of aromatic hydroxyl groups is 1. The van der Waals surface area contributed by atoms with Crippen molar-refractivity contribution < 1.29 is 5.11 Å². The molecular formula is C18H15ClN4O3. The quantitative estimate of drug-likeness (QED) is 0.546. The molecule has 0 aliphatic heterocycles. The molecule has 1 aromatic carbocycles. The van der Waals surface area contributed by atoms with Gasteiger partial charge in [0, 0.05) is 10.6 Å². The highest BCUT2D eigenvalue weighted by Gasteiger charge is 2.05. The van der Waals surface area contributed by atoms with Gasteiger partial charge in [-0.2, -0.15) is 0 Å². The third kappa shape index (κ3) is 3.52. The van der Waals surface area contributed by atoms with E-state index in [9.17, 15) is 14.7 Å². The van der Waals surface area contributed by atoms with Crippen molar-refractivity contribution in [2.45, 2.75) is 6.92 Å². The van der Waals surface area contributed by atoms with Gasteiger partial charge in [-0.3, -0.25) is 9.59 Å². The van der Waals surface area contributed by atoms with Crippen LogP contribution in [0.1, 0.15) is 23.9 Å². The number of aromatic amines is 3. The zero-order valence-electron chi connectivity index (χ0n) is 13.8. The van der Waals surface area contributed by atoms with Crippen LogP contribution in [0.5, 0.6) is 5.75 Å². The molecule has 8 heteroatoms. The predicted molar refractivity (Wildman–Crippen MR) is 100 cm³/mol. The fourth-order valence-corrected chi connectivity index (χ4v) is 2.57. The topological polar surface area (TPSA) is 115 Å². The van der Waals surface area contributed by atoms with E-state index in [0.29, 0.717) is 22.0 Å². The number of nitrogens with one attached hydrogen (secondary N) is 3. The summed E-state index contributed by atoms with van der Waals surface area (Å²) in [6.07, 6.45) is 4.31. The molecule has 0 atom stereocenters. The van der Waals surface area contributed by atoms with Crippen LogP contribution in [-0.2, 0) is 0 Å². The number of H-pyrrole nitrogens is 3. The first-order valence-electron chi connectivity index (χ1n) is 7.59. The fraction of sp³-hybridized carbons (Fsp3) is 0.0556. The summed E-state index contributed by atoms with van der Waals surface area (Å²) >= 11 is 5.89. The van der Waals surface area contributed by atoms with E-state index in [1.165, 1.54) is 36.7 Å². The Morgan fingerprint density at radius 3 is 2.50 bits per heavy atom. The van der Waals surface area contributed by atoms with Gasteiger partial charge in [-0.25, -0.2) is 4.98 Å². The lowest BCUT2D eigenvalue weighted by molar-refractivity contribution is 0.474. The number of benzene rings is 1. The average Bonchev–Trinajstić information content (AvgIpc) is 3.04. The van der Waals surface area contributed by atoms with Crippen molar-refractivity contribution in [1.82, 2.24) is 19.9 Å². The van der Waals surface area contributed by atoms with Crippen molar-refractivity contribution in [3.8, 4) is 5.75 Å². The number of phenolic OH excluding ortho intramolecular Hbond substituents is 1. The van der Waals surface area contributed by atoms with Gasteiger partial charge in [-0.1, -0.05) is 18.2 Å². The molecule has 26 heavy (non-hydrogen) atoms. The number of nitrogens with zero attached hydrogens (tertiary/aromatic N) is 1. The van der Waals surface area contributed by atoms with Gasteiger partial charge in [0.05, 0.1) is 17.7 Å². The smallest absolute Gasteiger partial charge is 0.272 e. The molecule has 7 nitrogen and oxygen atoms in total. The SMILES string of the molecule is C=C(C)c1nc[nH]c1/C=c1\[nH]c(=O)/c(=C/c2cc(Cl)ccc2O)[nH]c1=O. The number of rotatable bonds is 3. The first-order chi connectivity index (χ1) is 12.3. The summed E-state index contributed by atoms with van der Waals surface area (Å²) in [6.45, 7) is 5.60. The third-order valence-electron chi connectivity index (χ3n) is 3.64. The maximum atomic E-state index is 12.3. The van der Waals surface area contributed by atoms with Crippen LogP contribution < -0.4 is 21.8 Å². The molecule has 0 fully saturated rings. The van der Waals surface area contributed by atoms with E-state index >= 15 is 0 Å². The van der Waals surface area contributed by atoms with Crippen LogP contribution in [0.25, 0.3) is 17.7 Å². The molecule has 2 aromatic heterocycles. The molecule has 0 aliphatic rings. The van der Waals surface area contributed by atoms with Gasteiger partial charge in [0.15, 0.2) is 0 Å². The van der Waals surface area contributed by atoms with Gasteiger partial charge in [-0.05, 0) is 42.8 Å². The molecule has 0 saturated carbocycles. The van der Waals surface area contributed by atoms with Crippen LogP contribution in [0.2, 0.25) is 5.02 Å². The number of aromatic nitrogens is 4. The van der Waals surface area contributed by atoms with Crippen molar-refractivity contribution >= 4 is 29.3 Å². The van der Waals surface area contributed by atoms with Crippen LogP contribution in [0, 0.1) is 0 Å². The largest absolute Gasteiger partial charge is 0.507 e. The summed E-state index contributed by atoms with van der Waals surface area (Å²) in [5.41, 5.74) is 1.17. The highest BCUT2D eigenvalue weighted by Crippen LogP contribution is 2.21. The minimum absolute atomic E-state index is 0.00514. The van der Waals surface area contributed by atoms with Gasteiger partial charge in [0.1, 0.15) is 16.4 Å². The Kier molecular flexibility index (Phi) is 4.64. The zero-order chi connectivity index (χ0) is 18.8. The molecule has 3 aromatic rings. The Morgan fingerprint density at radius 2 is 1.85 bits per heavy atom. The lowest BCUT2D eigenvalue weighted by atomic mass is 10.2. The zero-order valence-corrected chi connectivity index (χ0v) is 14.5. The normalized spacial score (nSPS) is 12.5. The number of phenols is 1. The van der Waals surface area contributed by atoms with E-state index < -0.39 is 11.1 Å². The van der Waals surface area contributed by atoms with Gasteiger partial charge in [0.25, 0.3) is 11.1 Å². The van der Waals surface area contributed by atoms with Crippen LogP contribution in [-0.4, -0.2) is 25.0 Å². The minimum Gasteiger partial charge on any atom is -0.507 e. The number of hydrogen-bond acceptors (Lipinski definition) is 4. The maximum absolute atomic E-state index is 12.3. The van der Waals surface area contributed by atoms with E-state index in [4.69, 9.17) is 11.6 Å². The van der Waals surface area contributed by atoms with Gasteiger partial charge >= 0.3 is 0 Å². The third-order valence-corrected chi connectivity index (χ3v) is 3.87. The highest BCUT2D eigenvalue weighted by atomic mass is 35.5. The Hall–Kier alpha value is -3.32. The average molecular weight is 371 g/mol. The molecule has 0 spiro atoms. The number of hydrogen-bond donors (Lipinski definition) is 4. The van der Waals surface area contributed by atoms with E-state index in [0.717, 1.165) is 5.57 Å². The standard InChI is InChI=1S/C18H15ClN4O3/c1-9(2)16-12(20-8-21-16)7-14-18(26)22-13(17(25)23-14)6-10-5-11(19)3-4-15(10)24/h3-8,24H,1H2,2H3,(H,20,21)(H,22,26)(H,23,25)/b13-6-,14-7-. The van der Waals surface area contributed by atoms with E-state index in [-0.39, 0.29) is 16.4 Å². The Morgan fingerprint density at radius 1 is 1.19 bits per heavy atom. The van der Waals surface area contributed by atoms with Crippen LogP contribution in [0.4, 0.5) is 0 Å². The second kappa shape index (κ2) is 6.89. The Balaban J connectivity index is 2.17. The molecule has 3 rings (SSSR count). The molecule has 4 N–H and O–H groups in total. The second-order valence-electron chi connectivity index (χ2n) is 5.67. The van der Waals surface area contributed by atoms with Crippen molar-refractivity contribution in [3.63, 3.8) is 0 Å². The summed E-state index contributed by atoms with van der Waals surface area (Å²) in [6, 6.07) is 4.40. The molecule has 2 heterocycles. The number of imidazole rings is 1. The molecule has 0 aliphatic carbocycles. The number of halogens is 1. The summed E-state index contributed by atoms with van der Waals surface area (Å²) in [5, 5.41) is 10.3. The molecule has 0 radical (unpaired) electrons. The molecule has 0 unspecified atom stereocenters. The Labute approximate surface area is 152 Å². The first kappa shape index (κ1) is 17.5. The molecule has 0 saturated heterocycles. The summed E-state index contributed by atoms with van der Waals surface area (Å²) in [5.74, 6) is -0.0613. The lowest BCUT2D eigenvalue weighted by Gasteiger charge is -1.99. The summed E-state index contributed by atoms with van der Waals surface area (Å²) in [7, 11) is 0. The van der Waals surface area contributed by atoms with E-state index in [1.54, 1.807) is 6.92 Å². The Bertz CT molecular complexity index is 1230. The second-order valence-corrected chi connectivity index (χ2v) is 6.11. The van der Waals surface area contributed by atoms with Gasteiger partial charge in [0.2, 0.25) is 0 Å². The summed E-state index contributed by atoms with van der Waals surface area (Å²) in [4.78, 5) is 36.7. The number of allylic oxidation sites excluding steroid dienone is 1. The minimum atomic E-state index is -0.522. The molecule has 132 valence electrons. The molecule has 0 amide bonds. The van der Waals surface area contributed by atoms with Crippen molar-refractivity contribution in [2.75, 3.05) is 0 Å². The van der Waals surface area contributed by atoms with E-state index in [1.807, 2.05) is 0 Å². The summed E-state index contributed by atoms with van der Waals surface area (Å²) < 4.78 is 0. The van der Waals surface area contributed by atoms with Gasteiger partial charge < -0.3 is 20.1 Å². The first-order valence-corrected chi connectivity index (χ1v) is 7.97. The molecular weight excluding hydrogens is 356 g/mol. The lowest BCUT2D eigenvalue weighted by Crippen LogP contribution is -2.46. The van der Waals surface area contributed by atoms with Crippen molar-refractivity contribution in [3.05, 3.63) is 84.5 Å². The highest BCUT2D eigenvalue weighted by molar-refractivity contribution is 6.30. The van der Waals surface area contributed by atoms with Gasteiger partial charge in [-0.15, -0.1) is 0 Å². The van der Waals surface area contributed by atoms with E-state index in [2.05, 4.69) is 26.5 Å². The fourth-order valence-electron chi connectivity index (χ4n) is 2.39. The molecule has 0 bridgehead atoms. The van der Waals surface area contributed by atoms with Crippen molar-refractivity contribution in [2.24, 2.45) is 0 Å². The maximum Gasteiger partial charge on any atom is 0.272 e.